The third kappa shape index (κ3) is 4.33. The van der Waals surface area contributed by atoms with Gasteiger partial charge in [-0.2, -0.15) is 4.98 Å². The third-order valence-corrected chi connectivity index (χ3v) is 5.05. The van der Waals surface area contributed by atoms with Crippen molar-refractivity contribution in [1.82, 2.24) is 9.97 Å². The van der Waals surface area contributed by atoms with Crippen molar-refractivity contribution in [2.45, 2.75) is 58.9 Å². The molecule has 2 aromatic rings. The van der Waals surface area contributed by atoms with E-state index in [1.54, 1.807) is 0 Å². The lowest BCUT2D eigenvalue weighted by atomic mass is 10.1. The fourth-order valence-electron chi connectivity index (χ4n) is 3.10. The predicted octanol–water partition coefficient (Wildman–Crippen LogP) is 4.40. The fourth-order valence-corrected chi connectivity index (χ4v) is 3.10. The highest BCUT2D eigenvalue weighted by atomic mass is 16.3. The van der Waals surface area contributed by atoms with Crippen LogP contribution in [0.1, 0.15) is 56.4 Å². The molecule has 1 fully saturated rings. The summed E-state index contributed by atoms with van der Waals surface area (Å²) < 4.78 is 0. The van der Waals surface area contributed by atoms with Crippen molar-refractivity contribution < 1.29 is 5.11 Å². The summed E-state index contributed by atoms with van der Waals surface area (Å²) >= 11 is 0. The van der Waals surface area contributed by atoms with Gasteiger partial charge in [-0.3, -0.25) is 0 Å². The Labute approximate surface area is 156 Å². The maximum absolute atomic E-state index is 9.62. The molecule has 26 heavy (non-hydrogen) atoms. The predicted molar refractivity (Wildman–Crippen MR) is 107 cm³/mol. The number of aliphatic hydroxyl groups excluding tert-OH is 1. The molecular formula is C21H30N4O. The number of anilines is 3. The highest BCUT2D eigenvalue weighted by molar-refractivity contribution is 5.65. The minimum atomic E-state index is -0.0537. The van der Waals surface area contributed by atoms with E-state index in [0.29, 0.717) is 17.8 Å². The maximum atomic E-state index is 9.62. The third-order valence-electron chi connectivity index (χ3n) is 5.05. The first-order valence-corrected chi connectivity index (χ1v) is 9.63. The molecule has 1 aromatic carbocycles. The maximum Gasteiger partial charge on any atom is 0.225 e. The number of para-hydroxylation sites is 1. The van der Waals surface area contributed by atoms with Crippen LogP contribution in [0.3, 0.4) is 0 Å². The zero-order valence-electron chi connectivity index (χ0n) is 16.2. The van der Waals surface area contributed by atoms with E-state index in [1.165, 1.54) is 24.0 Å². The van der Waals surface area contributed by atoms with Crippen molar-refractivity contribution in [1.29, 1.82) is 0 Å². The monoisotopic (exact) mass is 354 g/mol. The summed E-state index contributed by atoms with van der Waals surface area (Å²) in [5.41, 5.74) is 4.70. The Kier molecular flexibility index (Phi) is 5.77. The van der Waals surface area contributed by atoms with E-state index in [-0.39, 0.29) is 12.6 Å². The van der Waals surface area contributed by atoms with Gasteiger partial charge in [-0.25, -0.2) is 4.98 Å². The van der Waals surface area contributed by atoms with Crippen LogP contribution in [-0.2, 0) is 6.42 Å². The van der Waals surface area contributed by atoms with E-state index in [4.69, 9.17) is 4.98 Å². The molecule has 1 aliphatic rings. The molecular weight excluding hydrogens is 324 g/mol. The van der Waals surface area contributed by atoms with Crippen LogP contribution in [0.5, 0.6) is 0 Å². The van der Waals surface area contributed by atoms with E-state index in [1.807, 2.05) is 0 Å². The van der Waals surface area contributed by atoms with Gasteiger partial charge in [-0.05, 0) is 43.2 Å². The Bertz CT molecular complexity index is 756. The van der Waals surface area contributed by atoms with Gasteiger partial charge in [0.25, 0.3) is 0 Å². The first kappa shape index (κ1) is 18.6. The number of aromatic nitrogens is 2. The quantitative estimate of drug-likeness (QED) is 0.655. The molecule has 0 amide bonds. The molecule has 0 unspecified atom stereocenters. The zero-order valence-corrected chi connectivity index (χ0v) is 16.2. The molecule has 3 rings (SSSR count). The highest BCUT2D eigenvalue weighted by Gasteiger charge is 2.27. The van der Waals surface area contributed by atoms with Gasteiger partial charge in [0.15, 0.2) is 0 Å². The van der Waals surface area contributed by atoms with Gasteiger partial charge in [-0.1, -0.05) is 39.0 Å². The van der Waals surface area contributed by atoms with Gasteiger partial charge < -0.3 is 15.7 Å². The summed E-state index contributed by atoms with van der Waals surface area (Å²) in [5.74, 6) is 2.24. The fraction of sp³-hybridized carbons (Fsp3) is 0.524. The van der Waals surface area contributed by atoms with Gasteiger partial charge in [-0.15, -0.1) is 0 Å². The Morgan fingerprint density at radius 2 is 2.00 bits per heavy atom. The zero-order chi connectivity index (χ0) is 18.7. The van der Waals surface area contributed by atoms with Crippen molar-refractivity contribution in [3.8, 4) is 0 Å². The van der Waals surface area contributed by atoms with Crippen LogP contribution in [0.4, 0.5) is 17.5 Å². The summed E-state index contributed by atoms with van der Waals surface area (Å²) in [5, 5.41) is 16.5. The van der Waals surface area contributed by atoms with Crippen LogP contribution in [-0.4, -0.2) is 27.7 Å². The Morgan fingerprint density at radius 3 is 2.62 bits per heavy atom. The molecule has 1 aliphatic carbocycles. The van der Waals surface area contributed by atoms with Gasteiger partial charge in [0.1, 0.15) is 5.82 Å². The second kappa shape index (κ2) is 8.04. The number of rotatable bonds is 8. The molecule has 1 atom stereocenters. The molecule has 1 aromatic heterocycles. The summed E-state index contributed by atoms with van der Waals surface area (Å²) in [6.45, 7) is 8.51. The SMILES string of the molecule is CCc1cccc(C)c1Nc1cc(C2CC2)nc(N[C@@H](CO)C(C)C)n1. The second-order valence-electron chi connectivity index (χ2n) is 7.54. The number of hydrogen-bond acceptors (Lipinski definition) is 5. The van der Waals surface area contributed by atoms with Crippen LogP contribution in [0, 0.1) is 12.8 Å². The van der Waals surface area contributed by atoms with Crippen LogP contribution >= 0.6 is 0 Å². The molecule has 0 saturated heterocycles. The average molecular weight is 354 g/mol. The molecule has 140 valence electrons. The number of hydrogen-bond donors (Lipinski definition) is 3. The lowest BCUT2D eigenvalue weighted by Gasteiger charge is -2.21. The second-order valence-corrected chi connectivity index (χ2v) is 7.54. The summed E-state index contributed by atoms with van der Waals surface area (Å²) in [4.78, 5) is 9.38. The lowest BCUT2D eigenvalue weighted by Crippen LogP contribution is -2.30. The highest BCUT2D eigenvalue weighted by Crippen LogP contribution is 2.40. The average Bonchev–Trinajstić information content (AvgIpc) is 3.46. The normalized spacial score (nSPS) is 15.2. The van der Waals surface area contributed by atoms with Gasteiger partial charge in [0, 0.05) is 17.7 Å². The Morgan fingerprint density at radius 1 is 1.23 bits per heavy atom. The van der Waals surface area contributed by atoms with E-state index in [2.05, 4.69) is 67.6 Å². The molecule has 0 aliphatic heterocycles. The standard InChI is InChI=1S/C21H30N4O/c1-5-15-8-6-7-14(4)20(15)24-19-11-17(16-9-10-16)22-21(25-19)23-18(12-26)13(2)3/h6-8,11,13,16,18,26H,5,9-10,12H2,1-4H3,(H2,22,23,24,25)/t18-/m0/s1. The van der Waals surface area contributed by atoms with Crippen molar-refractivity contribution in [2.75, 3.05) is 17.2 Å². The number of nitrogens with zero attached hydrogens (tertiary/aromatic N) is 2. The number of nitrogens with one attached hydrogen (secondary N) is 2. The molecule has 0 bridgehead atoms. The molecule has 1 heterocycles. The smallest absolute Gasteiger partial charge is 0.225 e. The molecule has 3 N–H and O–H groups in total. The summed E-state index contributed by atoms with van der Waals surface area (Å²) in [6.07, 6.45) is 3.35. The molecule has 0 radical (unpaired) electrons. The van der Waals surface area contributed by atoms with Crippen molar-refractivity contribution in [3.63, 3.8) is 0 Å². The van der Waals surface area contributed by atoms with Crippen LogP contribution in [0.25, 0.3) is 0 Å². The van der Waals surface area contributed by atoms with Gasteiger partial charge >= 0.3 is 0 Å². The minimum absolute atomic E-state index is 0.0537. The Hall–Kier alpha value is -2.14. The van der Waals surface area contributed by atoms with Crippen LogP contribution in [0.15, 0.2) is 24.3 Å². The number of aryl methyl sites for hydroxylation is 2. The number of aliphatic hydroxyl groups is 1. The molecule has 0 spiro atoms. The van der Waals surface area contributed by atoms with E-state index in [9.17, 15) is 5.11 Å². The first-order chi connectivity index (χ1) is 12.5. The van der Waals surface area contributed by atoms with Crippen LogP contribution < -0.4 is 10.6 Å². The van der Waals surface area contributed by atoms with Crippen LogP contribution in [0.2, 0.25) is 0 Å². The molecule has 1 saturated carbocycles. The first-order valence-electron chi connectivity index (χ1n) is 9.63. The van der Waals surface area contributed by atoms with Crippen molar-refractivity contribution >= 4 is 17.5 Å². The van der Waals surface area contributed by atoms with E-state index >= 15 is 0 Å². The van der Waals surface area contributed by atoms with E-state index < -0.39 is 0 Å². The minimum Gasteiger partial charge on any atom is -0.394 e. The van der Waals surface area contributed by atoms with Crippen molar-refractivity contribution in [3.05, 3.63) is 41.1 Å². The molecule has 5 heteroatoms. The van der Waals surface area contributed by atoms with Crippen molar-refractivity contribution in [2.24, 2.45) is 5.92 Å². The summed E-state index contributed by atoms with van der Waals surface area (Å²) in [6, 6.07) is 8.37. The van der Waals surface area contributed by atoms with E-state index in [0.717, 1.165) is 23.6 Å². The summed E-state index contributed by atoms with van der Waals surface area (Å²) in [7, 11) is 0. The van der Waals surface area contributed by atoms with Gasteiger partial charge in [0.2, 0.25) is 5.95 Å². The largest absolute Gasteiger partial charge is 0.394 e. The molecule has 5 nitrogen and oxygen atoms in total. The topological polar surface area (TPSA) is 70.1 Å². The lowest BCUT2D eigenvalue weighted by molar-refractivity contribution is 0.248. The van der Waals surface area contributed by atoms with Gasteiger partial charge in [0.05, 0.1) is 18.3 Å². The number of benzene rings is 1. The Balaban J connectivity index is 1.92.